The Bertz CT molecular complexity index is 986. The molecule has 0 N–H and O–H groups in total. The third-order valence-corrected chi connectivity index (χ3v) is 6.28. The zero-order valence-electron chi connectivity index (χ0n) is 14.7. The van der Waals surface area contributed by atoms with Crippen LogP contribution in [0.3, 0.4) is 0 Å². The number of benzene rings is 1. The van der Waals surface area contributed by atoms with Gasteiger partial charge in [-0.2, -0.15) is 0 Å². The van der Waals surface area contributed by atoms with E-state index in [9.17, 15) is 0 Å². The summed E-state index contributed by atoms with van der Waals surface area (Å²) in [5, 5.41) is 2.34. The Labute approximate surface area is 167 Å². The number of thioether (sulfide) groups is 1. The molecule has 6 heteroatoms. The summed E-state index contributed by atoms with van der Waals surface area (Å²) in [7, 11) is 0. The first-order chi connectivity index (χ1) is 13.2. The molecule has 4 heterocycles. The van der Waals surface area contributed by atoms with Crippen molar-refractivity contribution in [2.75, 3.05) is 6.54 Å². The standard InChI is InChI=1S/C21H18ClN3OS/c1-13-12-25-20(19(24-21(25)27-13)16-4-2-3-11-23-16)18-10-9-17(26-18)14-5-7-15(22)8-6-14/h2-11,13,19-20H,12H2,1H3/t13-,19+,20-/m0/s1. The van der Waals surface area contributed by atoms with Crippen LogP contribution in [0.5, 0.6) is 0 Å². The number of pyridine rings is 1. The molecule has 136 valence electrons. The zero-order valence-corrected chi connectivity index (χ0v) is 16.3. The van der Waals surface area contributed by atoms with Crippen LogP contribution in [0.15, 0.2) is 70.2 Å². The third-order valence-electron chi connectivity index (χ3n) is 4.93. The molecule has 1 saturated heterocycles. The molecule has 0 radical (unpaired) electrons. The molecule has 0 bridgehead atoms. The summed E-state index contributed by atoms with van der Waals surface area (Å²) in [5.41, 5.74) is 1.99. The first-order valence-corrected chi connectivity index (χ1v) is 10.2. The minimum absolute atomic E-state index is 0.0356. The minimum atomic E-state index is -0.0505. The zero-order chi connectivity index (χ0) is 18.4. The van der Waals surface area contributed by atoms with Crippen LogP contribution >= 0.6 is 23.4 Å². The highest BCUT2D eigenvalue weighted by molar-refractivity contribution is 8.14. The highest BCUT2D eigenvalue weighted by Crippen LogP contribution is 2.48. The molecule has 4 nitrogen and oxygen atoms in total. The van der Waals surface area contributed by atoms with Crippen molar-refractivity contribution in [3.63, 3.8) is 0 Å². The van der Waals surface area contributed by atoms with E-state index in [0.717, 1.165) is 39.5 Å². The molecule has 0 unspecified atom stereocenters. The van der Waals surface area contributed by atoms with Gasteiger partial charge in [-0.3, -0.25) is 4.98 Å². The predicted octanol–water partition coefficient (Wildman–Crippen LogP) is 5.58. The predicted molar refractivity (Wildman–Crippen MR) is 110 cm³/mol. The van der Waals surface area contributed by atoms with Crippen LogP contribution in [0.4, 0.5) is 0 Å². The second kappa shape index (κ2) is 6.73. The molecule has 0 spiro atoms. The van der Waals surface area contributed by atoms with Crippen molar-refractivity contribution in [2.24, 2.45) is 4.99 Å². The maximum absolute atomic E-state index is 6.29. The van der Waals surface area contributed by atoms with Gasteiger partial charge in [-0.1, -0.05) is 36.4 Å². The smallest absolute Gasteiger partial charge is 0.161 e. The topological polar surface area (TPSA) is 41.6 Å². The Morgan fingerprint density at radius 2 is 1.96 bits per heavy atom. The molecule has 1 fully saturated rings. The lowest BCUT2D eigenvalue weighted by molar-refractivity contribution is 0.277. The highest BCUT2D eigenvalue weighted by Gasteiger charge is 2.45. The van der Waals surface area contributed by atoms with E-state index >= 15 is 0 Å². The molecule has 0 aliphatic carbocycles. The van der Waals surface area contributed by atoms with Crippen LogP contribution in [0.1, 0.15) is 30.5 Å². The molecular weight excluding hydrogens is 378 g/mol. The quantitative estimate of drug-likeness (QED) is 0.580. The lowest BCUT2D eigenvalue weighted by Crippen LogP contribution is -2.28. The summed E-state index contributed by atoms with van der Waals surface area (Å²) in [6, 6.07) is 17.8. The fourth-order valence-electron chi connectivity index (χ4n) is 3.71. The number of hydrogen-bond acceptors (Lipinski definition) is 5. The molecule has 3 aromatic rings. The van der Waals surface area contributed by atoms with Crippen molar-refractivity contribution in [1.29, 1.82) is 0 Å². The molecule has 27 heavy (non-hydrogen) atoms. The van der Waals surface area contributed by atoms with Gasteiger partial charge in [0.25, 0.3) is 0 Å². The second-order valence-corrected chi connectivity index (χ2v) is 8.69. The SMILES string of the molecule is C[C@H]1CN2C(=N[C@H](c3ccccn3)[C@@H]2c2ccc(-c3ccc(Cl)cc3)o2)S1. The van der Waals surface area contributed by atoms with Gasteiger partial charge in [0.15, 0.2) is 5.17 Å². The Morgan fingerprint density at radius 1 is 1.11 bits per heavy atom. The molecular formula is C21H18ClN3OS. The first-order valence-electron chi connectivity index (χ1n) is 8.97. The summed E-state index contributed by atoms with van der Waals surface area (Å²) in [5.74, 6) is 1.76. The van der Waals surface area contributed by atoms with Gasteiger partial charge < -0.3 is 9.32 Å². The Balaban J connectivity index is 1.53. The highest BCUT2D eigenvalue weighted by atomic mass is 35.5. The van der Waals surface area contributed by atoms with Crippen LogP contribution in [0, 0.1) is 0 Å². The number of aliphatic imine (C=N–C) groups is 1. The maximum Gasteiger partial charge on any atom is 0.161 e. The van der Waals surface area contributed by atoms with Gasteiger partial charge in [-0.15, -0.1) is 0 Å². The number of hydrogen-bond donors (Lipinski definition) is 0. The summed E-state index contributed by atoms with van der Waals surface area (Å²) >= 11 is 7.84. The molecule has 2 aliphatic heterocycles. The van der Waals surface area contributed by atoms with Crippen molar-refractivity contribution < 1.29 is 4.42 Å². The normalized spacial score (nSPS) is 24.1. The van der Waals surface area contributed by atoms with Gasteiger partial charge in [0.1, 0.15) is 23.6 Å². The van der Waals surface area contributed by atoms with Gasteiger partial charge in [-0.25, -0.2) is 4.99 Å². The molecule has 2 aliphatic rings. The Morgan fingerprint density at radius 3 is 2.74 bits per heavy atom. The number of rotatable bonds is 3. The van der Waals surface area contributed by atoms with E-state index in [4.69, 9.17) is 21.0 Å². The monoisotopic (exact) mass is 395 g/mol. The summed E-state index contributed by atoms with van der Waals surface area (Å²) in [4.78, 5) is 11.9. The summed E-state index contributed by atoms with van der Waals surface area (Å²) < 4.78 is 6.29. The first kappa shape index (κ1) is 16.9. The van der Waals surface area contributed by atoms with Crippen LogP contribution in [-0.4, -0.2) is 26.8 Å². The molecule has 3 atom stereocenters. The Hall–Kier alpha value is -2.24. The molecule has 0 amide bonds. The van der Waals surface area contributed by atoms with E-state index in [0.29, 0.717) is 5.25 Å². The number of furan rings is 1. The molecule has 2 aromatic heterocycles. The van der Waals surface area contributed by atoms with Crippen molar-refractivity contribution in [3.8, 4) is 11.3 Å². The van der Waals surface area contributed by atoms with Crippen molar-refractivity contribution in [3.05, 3.63) is 77.3 Å². The largest absolute Gasteiger partial charge is 0.459 e. The van der Waals surface area contributed by atoms with Gasteiger partial charge in [-0.05, 0) is 48.5 Å². The lowest BCUT2D eigenvalue weighted by atomic mass is 10.0. The van der Waals surface area contributed by atoms with Crippen LogP contribution in [0.25, 0.3) is 11.3 Å². The van der Waals surface area contributed by atoms with Crippen molar-refractivity contribution >= 4 is 28.5 Å². The fraction of sp³-hybridized carbons (Fsp3) is 0.238. The Kier molecular flexibility index (Phi) is 4.21. The lowest BCUT2D eigenvalue weighted by Gasteiger charge is -2.25. The number of halogens is 1. The van der Waals surface area contributed by atoms with Crippen LogP contribution < -0.4 is 0 Å². The van der Waals surface area contributed by atoms with E-state index in [1.165, 1.54) is 0 Å². The molecule has 0 saturated carbocycles. The maximum atomic E-state index is 6.29. The van der Waals surface area contributed by atoms with Crippen molar-refractivity contribution in [1.82, 2.24) is 9.88 Å². The van der Waals surface area contributed by atoms with E-state index < -0.39 is 0 Å². The van der Waals surface area contributed by atoms with Gasteiger partial charge in [0, 0.05) is 28.6 Å². The van der Waals surface area contributed by atoms with E-state index in [1.807, 2.05) is 66.5 Å². The third kappa shape index (κ3) is 3.05. The van der Waals surface area contributed by atoms with Gasteiger partial charge in [0.05, 0.1) is 5.69 Å². The van der Waals surface area contributed by atoms with E-state index in [1.54, 1.807) is 0 Å². The van der Waals surface area contributed by atoms with Gasteiger partial charge >= 0.3 is 0 Å². The second-order valence-electron chi connectivity index (χ2n) is 6.85. The summed E-state index contributed by atoms with van der Waals surface area (Å²) in [6.45, 7) is 3.20. The molecule has 1 aromatic carbocycles. The average molecular weight is 396 g/mol. The number of aromatic nitrogens is 1. The number of amidine groups is 1. The number of fused-ring (bicyclic) bond motifs is 1. The number of nitrogens with zero attached hydrogens (tertiary/aromatic N) is 3. The summed E-state index contributed by atoms with van der Waals surface area (Å²) in [6.07, 6.45) is 1.83. The fourth-order valence-corrected chi connectivity index (χ4v) is 4.93. The van der Waals surface area contributed by atoms with E-state index in [2.05, 4.69) is 22.9 Å². The van der Waals surface area contributed by atoms with E-state index in [-0.39, 0.29) is 12.1 Å². The van der Waals surface area contributed by atoms with Crippen molar-refractivity contribution in [2.45, 2.75) is 24.3 Å². The minimum Gasteiger partial charge on any atom is -0.459 e. The van der Waals surface area contributed by atoms with Crippen LogP contribution in [-0.2, 0) is 0 Å². The average Bonchev–Trinajstić information content (AvgIpc) is 3.37. The van der Waals surface area contributed by atoms with Crippen LogP contribution in [0.2, 0.25) is 5.02 Å². The van der Waals surface area contributed by atoms with Gasteiger partial charge in [0.2, 0.25) is 0 Å². The molecule has 5 rings (SSSR count).